The second-order valence-corrected chi connectivity index (χ2v) is 4.64. The van der Waals surface area contributed by atoms with Gasteiger partial charge in [0.25, 0.3) is 0 Å². The Morgan fingerprint density at radius 1 is 1.47 bits per heavy atom. The molecule has 0 aliphatic heterocycles. The lowest BCUT2D eigenvalue weighted by atomic mass is 10.1. The van der Waals surface area contributed by atoms with Gasteiger partial charge in [-0.1, -0.05) is 20.8 Å². The highest BCUT2D eigenvalue weighted by atomic mass is 16.5. The lowest BCUT2D eigenvalue weighted by molar-refractivity contribution is 0.171. The third-order valence-electron chi connectivity index (χ3n) is 2.97. The third-order valence-corrected chi connectivity index (χ3v) is 2.97. The van der Waals surface area contributed by atoms with Gasteiger partial charge in [-0.25, -0.2) is 0 Å². The summed E-state index contributed by atoms with van der Waals surface area (Å²) in [5.74, 6) is 1.35. The zero-order chi connectivity index (χ0) is 13.0. The summed E-state index contributed by atoms with van der Waals surface area (Å²) in [6.45, 7) is 7.02. The molecule has 1 aromatic rings. The first kappa shape index (κ1) is 13.8. The number of ether oxygens (including phenoxy) is 1. The molecule has 98 valence electrons. The smallest absolute Gasteiger partial charge is 0.148 e. The Bertz CT molecular complexity index is 360. The average Bonchev–Trinajstić information content (AvgIpc) is 2.55. The van der Waals surface area contributed by atoms with Crippen LogP contribution in [-0.4, -0.2) is 29.5 Å². The van der Waals surface area contributed by atoms with Crippen LogP contribution in [0.3, 0.4) is 0 Å². The van der Waals surface area contributed by atoms with Crippen LogP contribution < -0.4 is 11.1 Å². The van der Waals surface area contributed by atoms with Crippen LogP contribution in [-0.2, 0) is 18.2 Å². The predicted octanol–water partition coefficient (Wildman–Crippen LogP) is 1.65. The van der Waals surface area contributed by atoms with Crippen molar-refractivity contribution < 1.29 is 4.74 Å². The molecule has 1 unspecified atom stereocenters. The van der Waals surface area contributed by atoms with E-state index in [1.807, 2.05) is 7.05 Å². The maximum atomic E-state index is 6.07. The molecular formula is C12H24N4O. The van der Waals surface area contributed by atoms with Crippen molar-refractivity contribution in [3.63, 3.8) is 0 Å². The van der Waals surface area contributed by atoms with Gasteiger partial charge in [-0.2, -0.15) is 5.10 Å². The molecule has 1 heterocycles. The molecule has 0 spiro atoms. The highest BCUT2D eigenvalue weighted by molar-refractivity contribution is 5.65. The Balaban J connectivity index is 2.88. The van der Waals surface area contributed by atoms with Gasteiger partial charge in [0.1, 0.15) is 5.82 Å². The van der Waals surface area contributed by atoms with Gasteiger partial charge in [0.15, 0.2) is 0 Å². The molecule has 1 rings (SSSR count). The molecule has 0 aliphatic rings. The van der Waals surface area contributed by atoms with Gasteiger partial charge in [-0.05, 0) is 12.3 Å². The van der Waals surface area contributed by atoms with E-state index in [0.29, 0.717) is 12.5 Å². The number of nitrogens with two attached hydrogens (primary N) is 1. The number of nitrogen functional groups attached to an aromatic ring is 1. The number of hydrogen-bond acceptors (Lipinski definition) is 4. The van der Waals surface area contributed by atoms with Crippen molar-refractivity contribution in [2.75, 3.05) is 24.8 Å². The number of rotatable bonds is 6. The minimum absolute atomic E-state index is 0.238. The van der Waals surface area contributed by atoms with Gasteiger partial charge in [-0.15, -0.1) is 0 Å². The second-order valence-electron chi connectivity index (χ2n) is 4.64. The van der Waals surface area contributed by atoms with Gasteiger partial charge in [0.05, 0.1) is 24.0 Å². The number of methoxy groups -OCH3 is 1. The molecule has 1 aromatic heterocycles. The molecule has 0 radical (unpaired) electrons. The van der Waals surface area contributed by atoms with Crippen molar-refractivity contribution in [2.24, 2.45) is 13.0 Å². The van der Waals surface area contributed by atoms with E-state index in [0.717, 1.165) is 23.6 Å². The summed E-state index contributed by atoms with van der Waals surface area (Å²) in [6, 6.07) is 0.238. The van der Waals surface area contributed by atoms with Gasteiger partial charge in [-0.3, -0.25) is 4.68 Å². The Kier molecular flexibility index (Phi) is 4.81. The zero-order valence-corrected chi connectivity index (χ0v) is 11.4. The predicted molar refractivity (Wildman–Crippen MR) is 71.1 cm³/mol. The van der Waals surface area contributed by atoms with E-state index in [9.17, 15) is 0 Å². The summed E-state index contributed by atoms with van der Waals surface area (Å²) in [6.07, 6.45) is 0.845. The largest absolute Gasteiger partial charge is 0.394 e. The number of nitrogens with zero attached hydrogens (tertiary/aromatic N) is 2. The maximum Gasteiger partial charge on any atom is 0.148 e. The highest BCUT2D eigenvalue weighted by Crippen LogP contribution is 2.24. The van der Waals surface area contributed by atoms with Crippen LogP contribution in [0.15, 0.2) is 0 Å². The van der Waals surface area contributed by atoms with Gasteiger partial charge in [0, 0.05) is 14.2 Å². The van der Waals surface area contributed by atoms with Crippen molar-refractivity contribution >= 4 is 11.5 Å². The van der Waals surface area contributed by atoms with Gasteiger partial charge >= 0.3 is 0 Å². The molecule has 5 nitrogen and oxygen atoms in total. The first-order valence-electron chi connectivity index (χ1n) is 6.08. The number of nitrogens with one attached hydrogen (secondary N) is 1. The van der Waals surface area contributed by atoms with Crippen molar-refractivity contribution in [2.45, 2.75) is 33.2 Å². The second kappa shape index (κ2) is 5.91. The molecule has 0 aliphatic carbocycles. The number of aryl methyl sites for hydroxylation is 2. The molecule has 1 atom stereocenters. The first-order chi connectivity index (χ1) is 8.01. The lowest BCUT2D eigenvalue weighted by Crippen LogP contribution is -2.31. The molecular weight excluding hydrogens is 216 g/mol. The highest BCUT2D eigenvalue weighted by Gasteiger charge is 2.18. The van der Waals surface area contributed by atoms with Crippen LogP contribution in [0.5, 0.6) is 0 Å². The molecule has 0 saturated heterocycles. The van der Waals surface area contributed by atoms with Crippen molar-refractivity contribution in [3.8, 4) is 0 Å². The first-order valence-corrected chi connectivity index (χ1v) is 6.08. The van der Waals surface area contributed by atoms with Crippen LogP contribution in [0.25, 0.3) is 0 Å². The van der Waals surface area contributed by atoms with Crippen LogP contribution in [0.4, 0.5) is 11.5 Å². The lowest BCUT2D eigenvalue weighted by Gasteiger charge is -2.22. The quantitative estimate of drug-likeness (QED) is 0.793. The Morgan fingerprint density at radius 3 is 2.53 bits per heavy atom. The van der Waals surface area contributed by atoms with Crippen LogP contribution in [0.1, 0.15) is 26.5 Å². The monoisotopic (exact) mass is 240 g/mol. The molecule has 0 fully saturated rings. The topological polar surface area (TPSA) is 65.1 Å². The van der Waals surface area contributed by atoms with E-state index in [1.165, 1.54) is 0 Å². The SMILES string of the molecule is CCc1nn(C)c(NC(COC)C(C)C)c1N. The minimum Gasteiger partial charge on any atom is -0.394 e. The van der Waals surface area contributed by atoms with Gasteiger partial charge in [0.2, 0.25) is 0 Å². The molecule has 0 aromatic carbocycles. The van der Waals surface area contributed by atoms with E-state index in [2.05, 4.69) is 31.2 Å². The van der Waals surface area contributed by atoms with Crippen LogP contribution >= 0.6 is 0 Å². The van der Waals surface area contributed by atoms with Crippen molar-refractivity contribution in [1.29, 1.82) is 0 Å². The number of hydrogen-bond donors (Lipinski definition) is 2. The Hall–Kier alpha value is -1.23. The normalized spacial score (nSPS) is 13.1. The fourth-order valence-corrected chi connectivity index (χ4v) is 1.78. The summed E-state index contributed by atoms with van der Waals surface area (Å²) in [7, 11) is 3.61. The van der Waals surface area contributed by atoms with E-state index < -0.39 is 0 Å². The summed E-state index contributed by atoms with van der Waals surface area (Å²) in [5, 5.41) is 7.81. The van der Waals surface area contributed by atoms with E-state index in [1.54, 1.807) is 11.8 Å². The van der Waals surface area contributed by atoms with Crippen molar-refractivity contribution in [1.82, 2.24) is 9.78 Å². The molecule has 0 saturated carbocycles. The number of anilines is 2. The summed E-state index contributed by atoms with van der Waals surface area (Å²) < 4.78 is 7.02. The van der Waals surface area contributed by atoms with E-state index in [4.69, 9.17) is 10.5 Å². The summed E-state index contributed by atoms with van der Waals surface area (Å²) in [4.78, 5) is 0. The molecule has 3 N–H and O–H groups in total. The summed E-state index contributed by atoms with van der Waals surface area (Å²) >= 11 is 0. The van der Waals surface area contributed by atoms with Crippen molar-refractivity contribution in [3.05, 3.63) is 5.69 Å². The third kappa shape index (κ3) is 3.12. The van der Waals surface area contributed by atoms with Crippen LogP contribution in [0, 0.1) is 5.92 Å². The summed E-state index contributed by atoms with van der Waals surface area (Å²) in [5.41, 5.74) is 7.76. The average molecular weight is 240 g/mol. The number of aromatic nitrogens is 2. The molecule has 0 bridgehead atoms. The van der Waals surface area contributed by atoms with Crippen LogP contribution in [0.2, 0.25) is 0 Å². The minimum atomic E-state index is 0.238. The van der Waals surface area contributed by atoms with Gasteiger partial charge < -0.3 is 15.8 Å². The molecule has 5 heteroatoms. The fourth-order valence-electron chi connectivity index (χ4n) is 1.78. The zero-order valence-electron chi connectivity index (χ0n) is 11.4. The van der Waals surface area contributed by atoms with E-state index >= 15 is 0 Å². The Morgan fingerprint density at radius 2 is 2.12 bits per heavy atom. The Labute approximate surface area is 103 Å². The molecule has 0 amide bonds. The standard InChI is InChI=1S/C12H24N4O/c1-6-9-11(13)12(16(4)15-9)14-10(7-17-5)8(2)3/h8,10,14H,6-7,13H2,1-5H3. The molecule has 17 heavy (non-hydrogen) atoms. The fraction of sp³-hybridized carbons (Fsp3) is 0.750. The maximum absolute atomic E-state index is 6.07. The van der Waals surface area contributed by atoms with E-state index in [-0.39, 0.29) is 6.04 Å².